The topological polar surface area (TPSA) is 73.4 Å². The number of carbonyl (C=O) groups excluding carboxylic acids is 1. The van der Waals surface area contributed by atoms with Crippen molar-refractivity contribution in [3.8, 4) is 16.9 Å². The van der Waals surface area contributed by atoms with Crippen LogP contribution in [0.4, 0.5) is 5.69 Å². The number of ether oxygens (including phenoxy) is 1. The average Bonchev–Trinajstić information content (AvgIpc) is 3.72. The first kappa shape index (κ1) is 27.1. The van der Waals surface area contributed by atoms with Crippen LogP contribution >= 0.6 is 0 Å². The number of aryl methyl sites for hydroxylation is 1. The van der Waals surface area contributed by atoms with Crippen molar-refractivity contribution < 1.29 is 9.53 Å². The molecule has 2 aromatic carbocycles. The molecule has 212 valence electrons. The fourth-order valence-electron chi connectivity index (χ4n) is 6.88. The predicted octanol–water partition coefficient (Wildman–Crippen LogP) is 7.03. The van der Waals surface area contributed by atoms with Gasteiger partial charge in [0.2, 0.25) is 5.91 Å². The van der Waals surface area contributed by atoms with E-state index in [0.717, 1.165) is 80.5 Å². The molecule has 0 spiro atoms. The lowest BCUT2D eigenvalue weighted by Crippen LogP contribution is -2.42. The van der Waals surface area contributed by atoms with E-state index in [1.165, 1.54) is 24.0 Å². The van der Waals surface area contributed by atoms with E-state index in [0.29, 0.717) is 17.9 Å². The zero-order valence-electron chi connectivity index (χ0n) is 24.1. The standard InChI is InChI=1S/C34H44N4O2/c1-23-18-28(12-17-33(23)40-2)25-8-6-24(7-9-25)21-37(34(39)26-10-13-30(35)14-11-26)32-5-3-4-27(19-32)29-20-36-38(22-29)31-15-16-31/h3-5,12,17-20,22,24-26,30-31H,6-11,13-16,21,35H2,1-2H3/t24-,25-,26-,30-. The van der Waals surface area contributed by atoms with E-state index < -0.39 is 0 Å². The van der Waals surface area contributed by atoms with Gasteiger partial charge in [0.1, 0.15) is 5.75 Å². The molecule has 6 heteroatoms. The SMILES string of the molecule is COc1ccc([C@H]2CC[C@H](CN(c3cccc(-c4cnn(C5CC5)c4)c3)C(=O)[C@H]3CC[C@H](N)CC3)CC2)cc1C. The molecular formula is C34H44N4O2. The van der Waals surface area contributed by atoms with Gasteiger partial charge in [-0.25, -0.2) is 0 Å². The highest BCUT2D eigenvalue weighted by Gasteiger charge is 2.32. The second-order valence-corrected chi connectivity index (χ2v) is 12.5. The molecule has 40 heavy (non-hydrogen) atoms. The number of aromatic nitrogens is 2. The second kappa shape index (κ2) is 11.8. The monoisotopic (exact) mass is 540 g/mol. The highest BCUT2D eigenvalue weighted by atomic mass is 16.5. The van der Waals surface area contributed by atoms with Crippen molar-refractivity contribution in [2.45, 2.75) is 89.1 Å². The number of anilines is 1. The van der Waals surface area contributed by atoms with E-state index in [2.05, 4.69) is 70.3 Å². The molecule has 0 atom stereocenters. The van der Waals surface area contributed by atoms with Gasteiger partial charge in [0.15, 0.2) is 0 Å². The molecule has 1 heterocycles. The number of carbonyl (C=O) groups is 1. The maximum Gasteiger partial charge on any atom is 0.230 e. The number of hydrogen-bond donors (Lipinski definition) is 1. The Morgan fingerprint density at radius 1 is 0.975 bits per heavy atom. The molecule has 0 bridgehead atoms. The van der Waals surface area contributed by atoms with Gasteiger partial charge in [0, 0.05) is 36.0 Å². The molecule has 3 aliphatic rings. The van der Waals surface area contributed by atoms with Crippen molar-refractivity contribution in [1.29, 1.82) is 0 Å². The first-order valence-corrected chi connectivity index (χ1v) is 15.3. The minimum absolute atomic E-state index is 0.0692. The summed E-state index contributed by atoms with van der Waals surface area (Å²) >= 11 is 0. The summed E-state index contributed by atoms with van der Waals surface area (Å²) in [5.41, 5.74) is 12.1. The largest absolute Gasteiger partial charge is 0.496 e. The number of benzene rings is 2. The van der Waals surface area contributed by atoms with E-state index >= 15 is 0 Å². The maximum atomic E-state index is 14.1. The Hall–Kier alpha value is -3.12. The lowest BCUT2D eigenvalue weighted by molar-refractivity contribution is -0.123. The van der Waals surface area contributed by atoms with Gasteiger partial charge < -0.3 is 15.4 Å². The summed E-state index contributed by atoms with van der Waals surface area (Å²) in [6.45, 7) is 2.92. The lowest BCUT2D eigenvalue weighted by atomic mass is 9.78. The zero-order valence-corrected chi connectivity index (χ0v) is 24.1. The van der Waals surface area contributed by atoms with Crippen molar-refractivity contribution in [1.82, 2.24) is 9.78 Å². The van der Waals surface area contributed by atoms with Crippen LogP contribution in [0.5, 0.6) is 5.75 Å². The first-order chi connectivity index (χ1) is 19.5. The van der Waals surface area contributed by atoms with Crippen LogP contribution in [0.2, 0.25) is 0 Å². The van der Waals surface area contributed by atoms with E-state index in [-0.39, 0.29) is 17.9 Å². The van der Waals surface area contributed by atoms with Crippen LogP contribution < -0.4 is 15.4 Å². The molecule has 2 N–H and O–H groups in total. The van der Waals surface area contributed by atoms with Crippen molar-refractivity contribution in [3.63, 3.8) is 0 Å². The molecule has 6 rings (SSSR count). The lowest BCUT2D eigenvalue weighted by Gasteiger charge is -2.36. The number of nitrogens with two attached hydrogens (primary N) is 1. The quantitative estimate of drug-likeness (QED) is 0.333. The normalized spacial score (nSPS) is 25.0. The number of methoxy groups -OCH3 is 1. The molecule has 0 unspecified atom stereocenters. The van der Waals surface area contributed by atoms with Crippen LogP contribution in [0.25, 0.3) is 11.1 Å². The number of hydrogen-bond acceptors (Lipinski definition) is 4. The van der Waals surface area contributed by atoms with Gasteiger partial charge in [-0.3, -0.25) is 9.48 Å². The van der Waals surface area contributed by atoms with Gasteiger partial charge in [-0.15, -0.1) is 0 Å². The fraction of sp³-hybridized carbons (Fsp3) is 0.529. The van der Waals surface area contributed by atoms with Crippen LogP contribution in [0.3, 0.4) is 0 Å². The highest BCUT2D eigenvalue weighted by Crippen LogP contribution is 2.39. The van der Waals surface area contributed by atoms with E-state index in [4.69, 9.17) is 10.5 Å². The Morgan fingerprint density at radius 2 is 1.75 bits per heavy atom. The molecule has 3 aromatic rings. The summed E-state index contributed by atoms with van der Waals surface area (Å²) in [5, 5.41) is 4.60. The molecule has 3 aliphatic carbocycles. The molecule has 3 saturated carbocycles. The molecule has 0 aliphatic heterocycles. The van der Waals surface area contributed by atoms with Crippen LogP contribution in [0.15, 0.2) is 54.9 Å². The van der Waals surface area contributed by atoms with E-state index in [9.17, 15) is 4.79 Å². The predicted molar refractivity (Wildman–Crippen MR) is 161 cm³/mol. The van der Waals surface area contributed by atoms with Crippen LogP contribution in [0, 0.1) is 18.8 Å². The smallest absolute Gasteiger partial charge is 0.230 e. The van der Waals surface area contributed by atoms with Gasteiger partial charge in [0.05, 0.1) is 19.3 Å². The van der Waals surface area contributed by atoms with Gasteiger partial charge in [-0.1, -0.05) is 24.3 Å². The average molecular weight is 541 g/mol. The Bertz CT molecular complexity index is 1310. The summed E-state index contributed by atoms with van der Waals surface area (Å²) in [4.78, 5) is 16.2. The fourth-order valence-corrected chi connectivity index (χ4v) is 6.88. The summed E-state index contributed by atoms with van der Waals surface area (Å²) < 4.78 is 7.57. The van der Waals surface area contributed by atoms with Crippen molar-refractivity contribution in [2.75, 3.05) is 18.6 Å². The molecule has 1 amide bonds. The van der Waals surface area contributed by atoms with Crippen LogP contribution in [-0.4, -0.2) is 35.4 Å². The summed E-state index contributed by atoms with van der Waals surface area (Å²) in [7, 11) is 1.73. The van der Waals surface area contributed by atoms with Crippen molar-refractivity contribution in [3.05, 3.63) is 66.0 Å². The highest BCUT2D eigenvalue weighted by molar-refractivity contribution is 5.95. The van der Waals surface area contributed by atoms with Crippen LogP contribution in [0.1, 0.15) is 87.3 Å². The number of nitrogens with zero attached hydrogens (tertiary/aromatic N) is 3. The number of rotatable bonds is 8. The van der Waals surface area contributed by atoms with E-state index in [1.54, 1.807) is 7.11 Å². The molecule has 3 fully saturated rings. The summed E-state index contributed by atoms with van der Waals surface area (Å²) in [5.74, 6) is 2.39. The Balaban J connectivity index is 1.19. The van der Waals surface area contributed by atoms with E-state index in [1.807, 2.05) is 6.20 Å². The minimum atomic E-state index is 0.0692. The Kier molecular flexibility index (Phi) is 7.97. The van der Waals surface area contributed by atoms with Gasteiger partial charge in [0.25, 0.3) is 0 Å². The molecule has 0 radical (unpaired) electrons. The molecule has 1 aromatic heterocycles. The Morgan fingerprint density at radius 3 is 2.45 bits per heavy atom. The summed E-state index contributed by atoms with van der Waals surface area (Å²) in [6, 6.07) is 16.0. The third kappa shape index (κ3) is 5.97. The third-order valence-corrected chi connectivity index (χ3v) is 9.58. The zero-order chi connectivity index (χ0) is 27.6. The van der Waals surface area contributed by atoms with Gasteiger partial charge >= 0.3 is 0 Å². The van der Waals surface area contributed by atoms with Gasteiger partial charge in [-0.2, -0.15) is 5.10 Å². The first-order valence-electron chi connectivity index (χ1n) is 15.3. The van der Waals surface area contributed by atoms with Crippen molar-refractivity contribution >= 4 is 11.6 Å². The molecule has 6 nitrogen and oxygen atoms in total. The minimum Gasteiger partial charge on any atom is -0.496 e. The number of amides is 1. The molecular weight excluding hydrogens is 496 g/mol. The van der Waals surface area contributed by atoms with Crippen molar-refractivity contribution in [2.24, 2.45) is 17.6 Å². The maximum absolute atomic E-state index is 14.1. The van der Waals surface area contributed by atoms with Gasteiger partial charge in [-0.05, 0) is 118 Å². The molecule has 0 saturated heterocycles. The Labute approximate surface area is 238 Å². The second-order valence-electron chi connectivity index (χ2n) is 12.5. The third-order valence-electron chi connectivity index (χ3n) is 9.58. The van der Waals surface area contributed by atoms with Crippen LogP contribution in [-0.2, 0) is 4.79 Å². The summed E-state index contributed by atoms with van der Waals surface area (Å²) in [6.07, 6.45) is 14.8.